The lowest BCUT2D eigenvalue weighted by molar-refractivity contribution is 0.0714. The SMILES string of the molecule is CC1CN(C(=O)c2ccc(S(=O)(=O)c3ccccc3)s2)CCN1.Cl. The van der Waals surface area contributed by atoms with Gasteiger partial charge in [-0.15, -0.1) is 23.7 Å². The van der Waals surface area contributed by atoms with Crippen LogP contribution in [-0.4, -0.2) is 44.9 Å². The van der Waals surface area contributed by atoms with E-state index < -0.39 is 9.84 Å². The lowest BCUT2D eigenvalue weighted by atomic mass is 10.2. The molecule has 5 nitrogen and oxygen atoms in total. The average molecular weight is 387 g/mol. The number of hydrogen-bond acceptors (Lipinski definition) is 5. The first-order valence-electron chi connectivity index (χ1n) is 7.41. The first-order chi connectivity index (χ1) is 11.0. The minimum absolute atomic E-state index is 0. The number of sulfone groups is 1. The summed E-state index contributed by atoms with van der Waals surface area (Å²) in [6.45, 7) is 4.06. The maximum Gasteiger partial charge on any atom is 0.264 e. The Bertz CT molecular complexity index is 806. The highest BCUT2D eigenvalue weighted by Gasteiger charge is 2.25. The number of carbonyl (C=O) groups is 1. The first kappa shape index (κ1) is 18.9. The van der Waals surface area contributed by atoms with Crippen molar-refractivity contribution in [2.75, 3.05) is 19.6 Å². The summed E-state index contributed by atoms with van der Waals surface area (Å²) in [5, 5.41) is 3.28. The Kier molecular flexibility index (Phi) is 6.03. The van der Waals surface area contributed by atoms with Gasteiger partial charge in [0.15, 0.2) is 0 Å². The van der Waals surface area contributed by atoms with Gasteiger partial charge in [-0.3, -0.25) is 4.79 Å². The van der Waals surface area contributed by atoms with Crippen LogP contribution in [0.25, 0.3) is 0 Å². The summed E-state index contributed by atoms with van der Waals surface area (Å²) in [6, 6.07) is 11.7. The number of nitrogens with one attached hydrogen (secondary N) is 1. The van der Waals surface area contributed by atoms with Crippen LogP contribution in [-0.2, 0) is 9.84 Å². The van der Waals surface area contributed by atoms with Gasteiger partial charge in [-0.25, -0.2) is 8.42 Å². The van der Waals surface area contributed by atoms with E-state index in [1.807, 2.05) is 6.92 Å². The molecule has 0 bridgehead atoms. The van der Waals surface area contributed by atoms with Gasteiger partial charge in [0.25, 0.3) is 5.91 Å². The van der Waals surface area contributed by atoms with Crippen molar-refractivity contribution >= 4 is 39.5 Å². The number of nitrogens with zero attached hydrogens (tertiary/aromatic N) is 1. The molecular weight excluding hydrogens is 368 g/mol. The van der Waals surface area contributed by atoms with Crippen LogP contribution < -0.4 is 5.32 Å². The van der Waals surface area contributed by atoms with Crippen molar-refractivity contribution in [3.63, 3.8) is 0 Å². The van der Waals surface area contributed by atoms with E-state index in [9.17, 15) is 13.2 Å². The third-order valence-corrected chi connectivity index (χ3v) is 7.10. The van der Waals surface area contributed by atoms with E-state index in [4.69, 9.17) is 0 Å². The van der Waals surface area contributed by atoms with Crippen molar-refractivity contribution in [3.8, 4) is 0 Å². The second-order valence-corrected chi connectivity index (χ2v) is 8.80. The zero-order valence-electron chi connectivity index (χ0n) is 13.1. The van der Waals surface area contributed by atoms with Gasteiger partial charge >= 0.3 is 0 Å². The Morgan fingerprint density at radius 1 is 1.21 bits per heavy atom. The largest absolute Gasteiger partial charge is 0.335 e. The van der Waals surface area contributed by atoms with Gasteiger partial charge in [-0.05, 0) is 31.2 Å². The van der Waals surface area contributed by atoms with Crippen LogP contribution in [0.1, 0.15) is 16.6 Å². The fourth-order valence-corrected chi connectivity index (χ4v) is 5.27. The average Bonchev–Trinajstić information content (AvgIpc) is 3.06. The van der Waals surface area contributed by atoms with E-state index in [0.29, 0.717) is 18.0 Å². The van der Waals surface area contributed by atoms with E-state index in [1.165, 1.54) is 6.07 Å². The van der Waals surface area contributed by atoms with Gasteiger partial charge in [0, 0.05) is 25.7 Å². The molecule has 1 aliphatic rings. The smallest absolute Gasteiger partial charge is 0.264 e. The highest BCUT2D eigenvalue weighted by Crippen LogP contribution is 2.28. The molecule has 0 saturated carbocycles. The summed E-state index contributed by atoms with van der Waals surface area (Å²) in [5.41, 5.74) is 0. The normalized spacial score (nSPS) is 18.0. The molecule has 1 aromatic heterocycles. The fraction of sp³-hybridized carbons (Fsp3) is 0.312. The summed E-state index contributed by atoms with van der Waals surface area (Å²) in [5.74, 6) is -0.0992. The molecule has 1 N–H and O–H groups in total. The number of amides is 1. The molecule has 1 aliphatic heterocycles. The molecule has 1 unspecified atom stereocenters. The van der Waals surface area contributed by atoms with Crippen LogP contribution in [0.2, 0.25) is 0 Å². The van der Waals surface area contributed by atoms with E-state index in [0.717, 1.165) is 17.9 Å². The molecule has 1 aromatic carbocycles. The Balaban J connectivity index is 0.00000208. The molecule has 0 spiro atoms. The van der Waals surface area contributed by atoms with E-state index >= 15 is 0 Å². The Hall–Kier alpha value is -1.41. The number of benzene rings is 1. The molecule has 8 heteroatoms. The molecule has 130 valence electrons. The van der Waals surface area contributed by atoms with Crippen LogP contribution in [0.3, 0.4) is 0 Å². The van der Waals surface area contributed by atoms with Crippen LogP contribution in [0.5, 0.6) is 0 Å². The summed E-state index contributed by atoms with van der Waals surface area (Å²) in [4.78, 5) is 15.0. The van der Waals surface area contributed by atoms with Crippen molar-refractivity contribution in [3.05, 3.63) is 47.3 Å². The minimum atomic E-state index is -3.56. The van der Waals surface area contributed by atoms with E-state index in [1.54, 1.807) is 41.3 Å². The summed E-state index contributed by atoms with van der Waals surface area (Å²) in [6.07, 6.45) is 0. The number of hydrogen-bond donors (Lipinski definition) is 1. The molecule has 1 saturated heterocycles. The third-order valence-electron chi connectivity index (χ3n) is 3.77. The first-order valence-corrected chi connectivity index (χ1v) is 9.71. The van der Waals surface area contributed by atoms with Gasteiger partial charge in [0.1, 0.15) is 4.21 Å². The van der Waals surface area contributed by atoms with Gasteiger partial charge in [0.05, 0.1) is 9.77 Å². The van der Waals surface area contributed by atoms with Crippen molar-refractivity contribution in [1.29, 1.82) is 0 Å². The van der Waals surface area contributed by atoms with Gasteiger partial charge in [0.2, 0.25) is 9.84 Å². The topological polar surface area (TPSA) is 66.5 Å². The highest BCUT2D eigenvalue weighted by atomic mass is 35.5. The van der Waals surface area contributed by atoms with Crippen LogP contribution in [0.15, 0.2) is 51.6 Å². The van der Waals surface area contributed by atoms with Crippen molar-refractivity contribution < 1.29 is 13.2 Å². The quantitative estimate of drug-likeness (QED) is 0.879. The summed E-state index contributed by atoms with van der Waals surface area (Å²) >= 11 is 1.04. The van der Waals surface area contributed by atoms with Crippen LogP contribution in [0, 0.1) is 0 Å². The molecule has 1 amide bonds. The Labute approximate surface area is 152 Å². The maximum atomic E-state index is 12.6. The molecule has 2 aromatic rings. The van der Waals surface area contributed by atoms with E-state index in [-0.39, 0.29) is 33.5 Å². The maximum absolute atomic E-state index is 12.6. The molecule has 1 fully saturated rings. The molecular formula is C16H19ClN2O3S2. The number of rotatable bonds is 3. The lowest BCUT2D eigenvalue weighted by Gasteiger charge is -2.31. The molecule has 1 atom stereocenters. The van der Waals surface area contributed by atoms with Crippen LogP contribution in [0.4, 0.5) is 0 Å². The third kappa shape index (κ3) is 3.80. The van der Waals surface area contributed by atoms with Gasteiger partial charge < -0.3 is 10.2 Å². The van der Waals surface area contributed by atoms with Crippen molar-refractivity contribution in [2.24, 2.45) is 0 Å². The number of piperazine rings is 1. The Morgan fingerprint density at radius 2 is 1.92 bits per heavy atom. The minimum Gasteiger partial charge on any atom is -0.335 e. The molecule has 0 aliphatic carbocycles. The number of thiophene rings is 1. The highest BCUT2D eigenvalue weighted by molar-refractivity contribution is 7.93. The summed E-state index contributed by atoms with van der Waals surface area (Å²) < 4.78 is 25.4. The molecule has 0 radical (unpaired) electrons. The van der Waals surface area contributed by atoms with Crippen LogP contribution >= 0.6 is 23.7 Å². The second kappa shape index (κ2) is 7.65. The van der Waals surface area contributed by atoms with Crippen molar-refractivity contribution in [1.82, 2.24) is 10.2 Å². The lowest BCUT2D eigenvalue weighted by Crippen LogP contribution is -2.51. The zero-order chi connectivity index (χ0) is 16.4. The zero-order valence-corrected chi connectivity index (χ0v) is 15.6. The molecule has 3 rings (SSSR count). The van der Waals surface area contributed by atoms with Gasteiger partial charge in [-0.1, -0.05) is 18.2 Å². The predicted molar refractivity (Wildman–Crippen MR) is 96.8 cm³/mol. The van der Waals surface area contributed by atoms with E-state index in [2.05, 4.69) is 5.32 Å². The monoisotopic (exact) mass is 386 g/mol. The molecule has 2 heterocycles. The summed E-state index contributed by atoms with van der Waals surface area (Å²) in [7, 11) is -3.56. The standard InChI is InChI=1S/C16H18N2O3S2.ClH/c1-12-11-18(10-9-17-12)16(19)14-7-8-15(22-14)23(20,21)13-5-3-2-4-6-13;/h2-8,12,17H,9-11H2,1H3;1H. The fourth-order valence-electron chi connectivity index (χ4n) is 2.57. The number of carbonyl (C=O) groups excluding carboxylic acids is 1. The van der Waals surface area contributed by atoms with Gasteiger partial charge in [-0.2, -0.15) is 0 Å². The van der Waals surface area contributed by atoms with Crippen molar-refractivity contribution in [2.45, 2.75) is 22.1 Å². The molecule has 24 heavy (non-hydrogen) atoms. The second-order valence-electron chi connectivity index (χ2n) is 5.54. The predicted octanol–water partition coefficient (Wildman–Crippen LogP) is 2.44. The number of halogens is 1. The Morgan fingerprint density at radius 3 is 2.58 bits per heavy atom.